The number of nitrogens with two attached hydrogens (primary N) is 1. The molecule has 3 rings (SSSR count). The minimum atomic E-state index is -0.443. The SMILES string of the molecule is NC(c1ccc(F)cc1Cl)c1cncc2ccccc12. The summed E-state index contributed by atoms with van der Waals surface area (Å²) in [6, 6.07) is 11.7. The molecule has 0 saturated heterocycles. The van der Waals surface area contributed by atoms with Crippen LogP contribution in [0.15, 0.2) is 54.9 Å². The fourth-order valence-corrected chi connectivity index (χ4v) is 2.59. The van der Waals surface area contributed by atoms with Gasteiger partial charge in [-0.1, -0.05) is 41.9 Å². The third-order valence-electron chi connectivity index (χ3n) is 3.33. The fraction of sp³-hybridized carbons (Fsp3) is 0.0625. The minimum absolute atomic E-state index is 0.324. The first kappa shape index (κ1) is 13.0. The van der Waals surface area contributed by atoms with Crippen LogP contribution in [0, 0.1) is 5.82 Å². The predicted octanol–water partition coefficient (Wildman–Crippen LogP) is 4.08. The quantitative estimate of drug-likeness (QED) is 0.771. The van der Waals surface area contributed by atoms with E-state index < -0.39 is 6.04 Å². The summed E-state index contributed by atoms with van der Waals surface area (Å²) in [5, 5.41) is 2.36. The van der Waals surface area contributed by atoms with E-state index in [9.17, 15) is 4.39 Å². The molecule has 0 spiro atoms. The number of nitrogens with zero attached hydrogens (tertiary/aromatic N) is 1. The number of pyridine rings is 1. The molecule has 0 radical (unpaired) electrons. The van der Waals surface area contributed by atoms with Gasteiger partial charge in [0.1, 0.15) is 5.82 Å². The van der Waals surface area contributed by atoms with E-state index in [2.05, 4.69) is 4.98 Å². The monoisotopic (exact) mass is 286 g/mol. The van der Waals surface area contributed by atoms with Gasteiger partial charge in [0, 0.05) is 22.8 Å². The standard InChI is InChI=1S/C16H12ClFN2/c17-15-7-11(18)5-6-13(15)16(19)14-9-20-8-10-3-1-2-4-12(10)14/h1-9,16H,19H2. The van der Waals surface area contributed by atoms with Crippen molar-refractivity contribution in [1.29, 1.82) is 0 Å². The molecule has 4 heteroatoms. The summed E-state index contributed by atoms with van der Waals surface area (Å²) in [5.74, 6) is -0.373. The van der Waals surface area contributed by atoms with Crippen LogP contribution in [-0.4, -0.2) is 4.98 Å². The molecule has 0 aliphatic heterocycles. The summed E-state index contributed by atoms with van der Waals surface area (Å²) in [6.45, 7) is 0. The molecule has 1 atom stereocenters. The van der Waals surface area contributed by atoms with Crippen LogP contribution >= 0.6 is 11.6 Å². The van der Waals surface area contributed by atoms with Crippen molar-refractivity contribution >= 4 is 22.4 Å². The number of fused-ring (bicyclic) bond motifs is 1. The van der Waals surface area contributed by atoms with Crippen LogP contribution in [0.4, 0.5) is 4.39 Å². The van der Waals surface area contributed by atoms with Gasteiger partial charge in [-0.3, -0.25) is 4.98 Å². The minimum Gasteiger partial charge on any atom is -0.320 e. The third-order valence-corrected chi connectivity index (χ3v) is 3.66. The molecule has 2 aromatic carbocycles. The average Bonchev–Trinajstić information content (AvgIpc) is 2.46. The summed E-state index contributed by atoms with van der Waals surface area (Å²) in [6.07, 6.45) is 3.52. The summed E-state index contributed by atoms with van der Waals surface area (Å²) in [4.78, 5) is 4.21. The number of hydrogen-bond donors (Lipinski definition) is 1. The summed E-state index contributed by atoms with van der Waals surface area (Å²) >= 11 is 6.09. The Balaban J connectivity index is 2.15. The van der Waals surface area contributed by atoms with E-state index in [0.29, 0.717) is 10.6 Å². The number of hydrogen-bond acceptors (Lipinski definition) is 2. The van der Waals surface area contributed by atoms with E-state index in [1.54, 1.807) is 18.5 Å². The zero-order valence-corrected chi connectivity index (χ0v) is 11.3. The number of aromatic nitrogens is 1. The van der Waals surface area contributed by atoms with Crippen molar-refractivity contribution in [2.45, 2.75) is 6.04 Å². The van der Waals surface area contributed by atoms with Gasteiger partial charge < -0.3 is 5.73 Å². The fourth-order valence-electron chi connectivity index (χ4n) is 2.31. The highest BCUT2D eigenvalue weighted by Gasteiger charge is 2.15. The zero-order chi connectivity index (χ0) is 14.1. The lowest BCUT2D eigenvalue weighted by Gasteiger charge is -2.16. The first-order chi connectivity index (χ1) is 9.66. The molecule has 3 aromatic rings. The van der Waals surface area contributed by atoms with Crippen LogP contribution in [0.25, 0.3) is 10.8 Å². The summed E-state index contributed by atoms with van der Waals surface area (Å²) < 4.78 is 13.1. The maximum Gasteiger partial charge on any atom is 0.124 e. The Bertz CT molecular complexity index is 768. The summed E-state index contributed by atoms with van der Waals surface area (Å²) in [5.41, 5.74) is 7.84. The van der Waals surface area contributed by atoms with Crippen molar-refractivity contribution in [3.05, 3.63) is 76.8 Å². The van der Waals surface area contributed by atoms with E-state index >= 15 is 0 Å². The molecule has 2 nitrogen and oxygen atoms in total. The van der Waals surface area contributed by atoms with Gasteiger partial charge >= 0.3 is 0 Å². The third kappa shape index (κ3) is 2.26. The molecule has 1 heterocycles. The van der Waals surface area contributed by atoms with Gasteiger partial charge in [0.05, 0.1) is 6.04 Å². The molecule has 0 saturated carbocycles. The topological polar surface area (TPSA) is 38.9 Å². The molecule has 1 unspecified atom stereocenters. The number of rotatable bonds is 2. The second-order valence-corrected chi connectivity index (χ2v) is 5.00. The highest BCUT2D eigenvalue weighted by molar-refractivity contribution is 6.31. The maximum absolute atomic E-state index is 13.1. The second-order valence-electron chi connectivity index (χ2n) is 4.59. The largest absolute Gasteiger partial charge is 0.320 e. The molecule has 100 valence electrons. The lowest BCUT2D eigenvalue weighted by atomic mass is 9.96. The van der Waals surface area contributed by atoms with Crippen LogP contribution < -0.4 is 5.73 Å². The van der Waals surface area contributed by atoms with Gasteiger partial charge in [0.25, 0.3) is 0 Å². The number of benzene rings is 2. The second kappa shape index (κ2) is 5.19. The normalized spacial score (nSPS) is 12.6. The van der Waals surface area contributed by atoms with E-state index in [-0.39, 0.29) is 5.82 Å². The van der Waals surface area contributed by atoms with E-state index in [4.69, 9.17) is 17.3 Å². The van der Waals surface area contributed by atoms with Crippen LogP contribution in [0.3, 0.4) is 0 Å². The molecule has 0 fully saturated rings. The van der Waals surface area contributed by atoms with Crippen molar-refractivity contribution < 1.29 is 4.39 Å². The summed E-state index contributed by atoms with van der Waals surface area (Å²) in [7, 11) is 0. The average molecular weight is 287 g/mol. The van der Waals surface area contributed by atoms with Crippen molar-refractivity contribution in [2.75, 3.05) is 0 Å². The predicted molar refractivity (Wildman–Crippen MR) is 79.2 cm³/mol. The van der Waals surface area contributed by atoms with Gasteiger partial charge in [0.2, 0.25) is 0 Å². The lowest BCUT2D eigenvalue weighted by molar-refractivity contribution is 0.626. The molecule has 0 amide bonds. The molecular weight excluding hydrogens is 275 g/mol. The molecule has 1 aromatic heterocycles. The van der Waals surface area contributed by atoms with Gasteiger partial charge in [0.15, 0.2) is 0 Å². The van der Waals surface area contributed by atoms with Crippen LogP contribution in [-0.2, 0) is 0 Å². The smallest absolute Gasteiger partial charge is 0.124 e. The molecule has 20 heavy (non-hydrogen) atoms. The maximum atomic E-state index is 13.1. The van der Waals surface area contributed by atoms with E-state index in [1.165, 1.54) is 12.1 Å². The van der Waals surface area contributed by atoms with Crippen LogP contribution in [0.2, 0.25) is 5.02 Å². The van der Waals surface area contributed by atoms with Gasteiger partial charge in [-0.05, 0) is 28.6 Å². The van der Waals surface area contributed by atoms with E-state index in [0.717, 1.165) is 16.3 Å². The van der Waals surface area contributed by atoms with Crippen molar-refractivity contribution in [2.24, 2.45) is 5.73 Å². The van der Waals surface area contributed by atoms with E-state index in [1.807, 2.05) is 24.3 Å². The first-order valence-corrected chi connectivity index (χ1v) is 6.58. The van der Waals surface area contributed by atoms with Crippen molar-refractivity contribution in [3.8, 4) is 0 Å². The Kier molecular flexibility index (Phi) is 3.38. The highest BCUT2D eigenvalue weighted by atomic mass is 35.5. The van der Waals surface area contributed by atoms with Gasteiger partial charge in [-0.15, -0.1) is 0 Å². The Morgan fingerprint density at radius 3 is 2.65 bits per heavy atom. The molecule has 0 aliphatic rings. The first-order valence-electron chi connectivity index (χ1n) is 6.20. The van der Waals surface area contributed by atoms with Gasteiger partial charge in [-0.2, -0.15) is 0 Å². The number of halogens is 2. The van der Waals surface area contributed by atoms with Crippen LogP contribution in [0.1, 0.15) is 17.2 Å². The lowest BCUT2D eigenvalue weighted by Crippen LogP contribution is -2.13. The Hall–Kier alpha value is -1.97. The molecule has 0 aliphatic carbocycles. The zero-order valence-electron chi connectivity index (χ0n) is 10.6. The highest BCUT2D eigenvalue weighted by Crippen LogP contribution is 2.30. The van der Waals surface area contributed by atoms with Gasteiger partial charge in [-0.25, -0.2) is 4.39 Å². The Morgan fingerprint density at radius 2 is 1.85 bits per heavy atom. The van der Waals surface area contributed by atoms with Crippen molar-refractivity contribution in [1.82, 2.24) is 4.98 Å². The Labute approximate surface area is 121 Å². The Morgan fingerprint density at radius 1 is 1.05 bits per heavy atom. The van der Waals surface area contributed by atoms with Crippen LogP contribution in [0.5, 0.6) is 0 Å². The van der Waals surface area contributed by atoms with Crippen molar-refractivity contribution in [3.63, 3.8) is 0 Å². The molecule has 2 N–H and O–H groups in total. The molecular formula is C16H12ClFN2. The molecule has 0 bridgehead atoms.